The zero-order valence-electron chi connectivity index (χ0n) is 8.61. The summed E-state index contributed by atoms with van der Waals surface area (Å²) >= 11 is 0. The molecule has 0 heterocycles. The fourth-order valence-corrected chi connectivity index (χ4v) is 0.751. The van der Waals surface area contributed by atoms with Gasteiger partial charge in [0.25, 0.3) is 0 Å². The second-order valence-corrected chi connectivity index (χ2v) is 3.31. The molecule has 0 aliphatic rings. The van der Waals surface area contributed by atoms with Crippen LogP contribution >= 0.6 is 0 Å². The summed E-state index contributed by atoms with van der Waals surface area (Å²) in [6.07, 6.45) is -8.24. The van der Waals surface area contributed by atoms with Gasteiger partial charge in [0.2, 0.25) is 0 Å². The molecule has 16 heavy (non-hydrogen) atoms. The average molecular weight is 254 g/mol. The van der Waals surface area contributed by atoms with Crippen molar-refractivity contribution in [2.24, 2.45) is 0 Å². The van der Waals surface area contributed by atoms with Crippen molar-refractivity contribution in [1.29, 1.82) is 0 Å². The molecule has 0 aromatic rings. The van der Waals surface area contributed by atoms with Crippen LogP contribution in [0.15, 0.2) is 0 Å². The Morgan fingerprint density at radius 1 is 1.12 bits per heavy atom. The van der Waals surface area contributed by atoms with Crippen LogP contribution in [0.5, 0.6) is 0 Å². The van der Waals surface area contributed by atoms with Gasteiger partial charge in [-0.05, 0) is 6.92 Å². The van der Waals surface area contributed by atoms with Crippen LogP contribution in [0.4, 0.5) is 26.3 Å². The first-order valence-electron chi connectivity index (χ1n) is 4.43. The van der Waals surface area contributed by atoms with Crippen LogP contribution in [0, 0.1) is 0 Å². The molecule has 0 radical (unpaired) electrons. The molecule has 98 valence electrons. The molecule has 0 saturated carbocycles. The van der Waals surface area contributed by atoms with Gasteiger partial charge in [-0.1, -0.05) is 6.92 Å². The van der Waals surface area contributed by atoms with Gasteiger partial charge in [0.15, 0.2) is 0 Å². The zero-order chi connectivity index (χ0) is 13.2. The monoisotopic (exact) mass is 254 g/mol. The van der Waals surface area contributed by atoms with E-state index in [0.29, 0.717) is 6.92 Å². The molecule has 0 spiro atoms. The Bertz CT molecular complexity index is 229. The van der Waals surface area contributed by atoms with E-state index in [-0.39, 0.29) is 0 Å². The summed E-state index contributed by atoms with van der Waals surface area (Å²) in [6, 6.07) is 0. The van der Waals surface area contributed by atoms with Gasteiger partial charge in [-0.15, -0.1) is 0 Å². The van der Waals surface area contributed by atoms with E-state index in [2.05, 4.69) is 4.74 Å². The number of hydrogen-bond donors (Lipinski definition) is 1. The van der Waals surface area contributed by atoms with Crippen molar-refractivity contribution in [3.05, 3.63) is 0 Å². The summed E-state index contributed by atoms with van der Waals surface area (Å²) in [4.78, 5) is 0. The minimum Gasteiger partial charge on any atom is -0.391 e. The number of halogens is 6. The topological polar surface area (TPSA) is 29.5 Å². The first-order chi connectivity index (χ1) is 6.98. The Morgan fingerprint density at radius 2 is 1.56 bits per heavy atom. The number of hydrogen-bond acceptors (Lipinski definition) is 2. The lowest BCUT2D eigenvalue weighted by atomic mass is 10.1. The Balaban J connectivity index is 4.83. The van der Waals surface area contributed by atoms with Crippen molar-refractivity contribution >= 4 is 0 Å². The first kappa shape index (κ1) is 15.5. The van der Waals surface area contributed by atoms with Crippen molar-refractivity contribution in [2.75, 3.05) is 6.61 Å². The molecule has 8 heteroatoms. The van der Waals surface area contributed by atoms with Crippen molar-refractivity contribution < 1.29 is 36.2 Å². The number of ether oxygens (including phenoxy) is 1. The smallest absolute Gasteiger partial charge is 0.391 e. The van der Waals surface area contributed by atoms with Gasteiger partial charge in [-0.2, -0.15) is 26.3 Å². The molecule has 1 unspecified atom stereocenters. The zero-order valence-corrected chi connectivity index (χ0v) is 8.61. The highest BCUT2D eigenvalue weighted by molar-refractivity contribution is 4.90. The predicted molar refractivity (Wildman–Crippen MR) is 42.8 cm³/mol. The van der Waals surface area contributed by atoms with E-state index < -0.39 is 37.1 Å². The minimum atomic E-state index is -5.62. The number of rotatable bonds is 6. The van der Waals surface area contributed by atoms with E-state index in [0.717, 1.165) is 6.92 Å². The fourth-order valence-electron chi connectivity index (χ4n) is 0.751. The Morgan fingerprint density at radius 3 is 1.88 bits per heavy atom. The van der Waals surface area contributed by atoms with Gasteiger partial charge in [-0.3, -0.25) is 0 Å². The van der Waals surface area contributed by atoms with Crippen LogP contribution in [-0.4, -0.2) is 35.8 Å². The van der Waals surface area contributed by atoms with Crippen LogP contribution in [-0.2, 0) is 4.74 Å². The highest BCUT2D eigenvalue weighted by Gasteiger charge is 2.72. The Hall–Kier alpha value is -0.500. The number of alkyl halides is 6. The maximum absolute atomic E-state index is 12.7. The molecule has 0 fully saturated rings. The van der Waals surface area contributed by atoms with Crippen molar-refractivity contribution in [3.8, 4) is 0 Å². The maximum Gasteiger partial charge on any atom is 0.425 e. The second-order valence-electron chi connectivity index (χ2n) is 3.31. The molecule has 0 aliphatic heterocycles. The molecule has 0 aromatic carbocycles. The molecule has 2 nitrogen and oxygen atoms in total. The molecular formula is C8H12F6O2. The van der Waals surface area contributed by atoms with Gasteiger partial charge in [-0.25, -0.2) is 0 Å². The minimum absolute atomic E-state index is 0.651. The summed E-state index contributed by atoms with van der Waals surface area (Å²) in [5.41, 5.74) is 0. The summed E-state index contributed by atoms with van der Waals surface area (Å²) in [7, 11) is 0. The van der Waals surface area contributed by atoms with E-state index in [1.165, 1.54) is 0 Å². The van der Waals surface area contributed by atoms with Crippen LogP contribution in [0.1, 0.15) is 20.3 Å². The quantitative estimate of drug-likeness (QED) is 0.738. The lowest BCUT2D eigenvalue weighted by Gasteiger charge is -2.31. The SMILES string of the molecule is CCC(F)(F)C(F)(F)C(F)(F)OCC(C)O. The van der Waals surface area contributed by atoms with E-state index in [1.54, 1.807) is 0 Å². The maximum atomic E-state index is 12.7. The van der Waals surface area contributed by atoms with E-state index in [9.17, 15) is 26.3 Å². The Kier molecular flexibility index (Phi) is 4.64. The molecule has 0 rings (SSSR count). The third kappa shape index (κ3) is 3.00. The number of aliphatic hydroxyl groups excluding tert-OH is 1. The largest absolute Gasteiger partial charge is 0.425 e. The van der Waals surface area contributed by atoms with Crippen LogP contribution in [0.2, 0.25) is 0 Å². The molecule has 0 amide bonds. The fraction of sp³-hybridized carbons (Fsp3) is 1.00. The third-order valence-electron chi connectivity index (χ3n) is 1.77. The molecule has 0 saturated heterocycles. The summed E-state index contributed by atoms with van der Waals surface area (Å²) in [5, 5.41) is 8.55. The average Bonchev–Trinajstić information content (AvgIpc) is 2.14. The summed E-state index contributed by atoms with van der Waals surface area (Å²) in [6.45, 7) is 0.479. The molecule has 1 atom stereocenters. The van der Waals surface area contributed by atoms with Gasteiger partial charge < -0.3 is 9.84 Å². The van der Waals surface area contributed by atoms with Crippen molar-refractivity contribution in [1.82, 2.24) is 0 Å². The lowest BCUT2D eigenvalue weighted by Crippen LogP contribution is -2.55. The normalized spacial score (nSPS) is 16.3. The van der Waals surface area contributed by atoms with Gasteiger partial charge in [0.1, 0.15) is 0 Å². The first-order valence-corrected chi connectivity index (χ1v) is 4.43. The highest BCUT2D eigenvalue weighted by atomic mass is 19.3. The van der Waals surface area contributed by atoms with Gasteiger partial charge in [0.05, 0.1) is 12.7 Å². The third-order valence-corrected chi connectivity index (χ3v) is 1.77. The molecule has 0 aliphatic carbocycles. The standard InChI is InChI=1S/C8H12F6O2/c1-3-6(9,10)7(11,12)8(13,14)16-4-5(2)15/h5,15H,3-4H2,1-2H3. The lowest BCUT2D eigenvalue weighted by molar-refractivity contribution is -0.400. The van der Waals surface area contributed by atoms with Gasteiger partial charge >= 0.3 is 18.0 Å². The highest BCUT2D eigenvalue weighted by Crippen LogP contribution is 2.47. The Labute approximate surface area is 88.2 Å². The summed E-state index contributed by atoms with van der Waals surface area (Å²) in [5.74, 6) is -10.5. The van der Waals surface area contributed by atoms with Crippen molar-refractivity contribution in [3.63, 3.8) is 0 Å². The van der Waals surface area contributed by atoms with Crippen LogP contribution in [0.3, 0.4) is 0 Å². The van der Waals surface area contributed by atoms with E-state index >= 15 is 0 Å². The molecular weight excluding hydrogens is 242 g/mol. The number of aliphatic hydroxyl groups is 1. The van der Waals surface area contributed by atoms with E-state index in [1.807, 2.05) is 0 Å². The summed E-state index contributed by atoms with van der Waals surface area (Å²) < 4.78 is 79.3. The van der Waals surface area contributed by atoms with Crippen LogP contribution in [0.25, 0.3) is 0 Å². The molecule has 0 aromatic heterocycles. The predicted octanol–water partition coefficient (Wildman–Crippen LogP) is 2.66. The molecule has 0 bridgehead atoms. The van der Waals surface area contributed by atoms with Crippen LogP contribution < -0.4 is 0 Å². The van der Waals surface area contributed by atoms with Crippen molar-refractivity contribution in [2.45, 2.75) is 44.3 Å². The second kappa shape index (κ2) is 4.79. The molecule has 1 N–H and O–H groups in total. The van der Waals surface area contributed by atoms with E-state index in [4.69, 9.17) is 5.11 Å². The van der Waals surface area contributed by atoms with Gasteiger partial charge in [0, 0.05) is 6.42 Å².